The first-order chi connectivity index (χ1) is 15.9. The molecular weight excluding hydrogens is 453 g/mol. The highest BCUT2D eigenvalue weighted by molar-refractivity contribution is 5.91. The minimum Gasteiger partial charge on any atom is -0.479 e. The molecule has 1 aliphatic rings. The second kappa shape index (κ2) is 9.36. The van der Waals surface area contributed by atoms with E-state index < -0.39 is 41.6 Å². The Hall–Kier alpha value is -3.56. The molecule has 1 aliphatic carbocycles. The first kappa shape index (κ1) is 25.1. The number of hydrogen-bond acceptors (Lipinski definition) is 4. The van der Waals surface area contributed by atoms with Crippen molar-refractivity contribution in [2.24, 2.45) is 5.92 Å². The molecule has 7 nitrogen and oxygen atoms in total. The number of aliphatic carboxylic acids is 1. The number of carbonyl (C=O) groups is 3. The van der Waals surface area contributed by atoms with E-state index in [-0.39, 0.29) is 12.5 Å². The van der Waals surface area contributed by atoms with Crippen LogP contribution in [0.15, 0.2) is 48.5 Å². The Bertz CT molecular complexity index is 1060. The van der Waals surface area contributed by atoms with Crippen LogP contribution in [0.3, 0.4) is 0 Å². The van der Waals surface area contributed by atoms with Gasteiger partial charge < -0.3 is 20.5 Å². The number of ether oxygens (including phenoxy) is 1. The standard InChI is InChI=1S/C24H25F3N2O5/c1-13(2)19(20(30)29-23(3,21(31)32)24(25,26)27)28-22(33)34-12-18-16-10-6-4-8-14(16)15-9-5-7-11-17(15)18/h4-11,13,18-19H,12H2,1-3H3,(H,28,33)(H,29,30)(H,31,32)/t19-,23?/m1/s1. The molecule has 0 aliphatic heterocycles. The van der Waals surface area contributed by atoms with Crippen LogP contribution in [0.25, 0.3) is 11.1 Å². The molecule has 0 saturated heterocycles. The number of rotatable bonds is 7. The Labute approximate surface area is 194 Å². The molecule has 0 fully saturated rings. The van der Waals surface area contributed by atoms with Crippen molar-refractivity contribution < 1.29 is 37.4 Å². The second-order valence-corrected chi connectivity index (χ2v) is 8.61. The molecular formula is C24H25F3N2O5. The van der Waals surface area contributed by atoms with Gasteiger partial charge >= 0.3 is 18.2 Å². The number of amides is 2. The third-order valence-corrected chi connectivity index (χ3v) is 5.93. The van der Waals surface area contributed by atoms with E-state index in [1.165, 1.54) is 19.2 Å². The van der Waals surface area contributed by atoms with Crippen LogP contribution in [0.2, 0.25) is 0 Å². The van der Waals surface area contributed by atoms with Gasteiger partial charge in [0.2, 0.25) is 11.4 Å². The molecule has 2 amide bonds. The SMILES string of the molecule is CC(C)[C@@H](NC(=O)OCC1c2ccccc2-c2ccccc21)C(=O)NC(C)(C(=O)O)C(F)(F)F. The fourth-order valence-corrected chi connectivity index (χ4v) is 3.87. The van der Waals surface area contributed by atoms with Gasteiger partial charge in [0.05, 0.1) is 0 Å². The van der Waals surface area contributed by atoms with E-state index >= 15 is 0 Å². The molecule has 2 aromatic carbocycles. The van der Waals surface area contributed by atoms with Gasteiger partial charge in [-0.05, 0) is 35.1 Å². The molecule has 0 saturated carbocycles. The van der Waals surface area contributed by atoms with Crippen LogP contribution in [-0.2, 0) is 14.3 Å². The minimum absolute atomic E-state index is 0.0539. The number of carbonyl (C=O) groups excluding carboxylic acids is 2. The summed E-state index contributed by atoms with van der Waals surface area (Å²) in [5.41, 5.74) is 0.465. The van der Waals surface area contributed by atoms with Gasteiger partial charge in [-0.3, -0.25) is 4.79 Å². The lowest BCUT2D eigenvalue weighted by Crippen LogP contribution is -2.65. The van der Waals surface area contributed by atoms with E-state index in [9.17, 15) is 27.6 Å². The summed E-state index contributed by atoms with van der Waals surface area (Å²) in [7, 11) is 0. The summed E-state index contributed by atoms with van der Waals surface area (Å²) < 4.78 is 45.2. The Morgan fingerprint density at radius 1 is 1.00 bits per heavy atom. The third-order valence-electron chi connectivity index (χ3n) is 5.93. The van der Waals surface area contributed by atoms with Crippen molar-refractivity contribution in [3.63, 3.8) is 0 Å². The summed E-state index contributed by atoms with van der Waals surface area (Å²) in [5, 5.41) is 12.8. The molecule has 2 atom stereocenters. The van der Waals surface area contributed by atoms with Crippen LogP contribution in [0.4, 0.5) is 18.0 Å². The number of nitrogens with one attached hydrogen (secondary N) is 2. The van der Waals surface area contributed by atoms with Gasteiger partial charge in [-0.25, -0.2) is 9.59 Å². The lowest BCUT2D eigenvalue weighted by molar-refractivity contribution is -0.207. The maximum Gasteiger partial charge on any atom is 0.422 e. The molecule has 0 heterocycles. The van der Waals surface area contributed by atoms with Crippen LogP contribution in [0, 0.1) is 5.92 Å². The molecule has 3 rings (SSSR count). The summed E-state index contributed by atoms with van der Waals surface area (Å²) in [4.78, 5) is 36.2. The molecule has 2 aromatic rings. The molecule has 0 aromatic heterocycles. The van der Waals surface area contributed by atoms with Crippen molar-refractivity contribution in [3.05, 3.63) is 59.7 Å². The Morgan fingerprint density at radius 2 is 1.50 bits per heavy atom. The van der Waals surface area contributed by atoms with Gasteiger partial charge in [-0.1, -0.05) is 62.4 Å². The summed E-state index contributed by atoms with van der Waals surface area (Å²) in [6.07, 6.45) is -6.25. The summed E-state index contributed by atoms with van der Waals surface area (Å²) in [5.74, 6) is -4.44. The highest BCUT2D eigenvalue weighted by Crippen LogP contribution is 2.44. The predicted octanol–water partition coefficient (Wildman–Crippen LogP) is 4.07. The molecule has 0 bridgehead atoms. The fraction of sp³-hybridized carbons (Fsp3) is 0.375. The van der Waals surface area contributed by atoms with Crippen molar-refractivity contribution in [3.8, 4) is 11.1 Å². The smallest absolute Gasteiger partial charge is 0.422 e. The largest absolute Gasteiger partial charge is 0.479 e. The van der Waals surface area contributed by atoms with E-state index in [0.29, 0.717) is 6.92 Å². The molecule has 0 spiro atoms. The summed E-state index contributed by atoms with van der Waals surface area (Å²) in [6, 6.07) is 13.9. The maximum atomic E-state index is 13.3. The van der Waals surface area contributed by atoms with Gasteiger partial charge in [0.1, 0.15) is 12.6 Å². The van der Waals surface area contributed by atoms with Crippen LogP contribution in [0.5, 0.6) is 0 Å². The lowest BCUT2D eigenvalue weighted by Gasteiger charge is -2.31. The Balaban J connectivity index is 1.71. The van der Waals surface area contributed by atoms with Crippen molar-refractivity contribution >= 4 is 18.0 Å². The van der Waals surface area contributed by atoms with Crippen LogP contribution in [0.1, 0.15) is 37.8 Å². The van der Waals surface area contributed by atoms with E-state index in [2.05, 4.69) is 5.32 Å². The normalized spacial score (nSPS) is 15.6. The quantitative estimate of drug-likeness (QED) is 0.557. The van der Waals surface area contributed by atoms with Gasteiger partial charge in [-0.15, -0.1) is 0 Å². The number of carboxylic acids is 1. The lowest BCUT2D eigenvalue weighted by atomic mass is 9.98. The molecule has 0 radical (unpaired) electrons. The van der Waals surface area contributed by atoms with Gasteiger partial charge in [-0.2, -0.15) is 13.2 Å². The highest BCUT2D eigenvalue weighted by atomic mass is 19.4. The monoisotopic (exact) mass is 478 g/mol. The second-order valence-electron chi connectivity index (χ2n) is 8.61. The molecule has 1 unspecified atom stereocenters. The zero-order chi connectivity index (χ0) is 25.3. The Kier molecular flexibility index (Phi) is 6.90. The zero-order valence-corrected chi connectivity index (χ0v) is 18.8. The zero-order valence-electron chi connectivity index (χ0n) is 18.8. The number of alkyl carbamates (subject to hydrolysis) is 1. The van der Waals surface area contributed by atoms with Crippen molar-refractivity contribution in [1.29, 1.82) is 0 Å². The highest BCUT2D eigenvalue weighted by Gasteiger charge is 2.59. The molecule has 10 heteroatoms. The fourth-order valence-electron chi connectivity index (χ4n) is 3.87. The number of halogens is 3. The van der Waals surface area contributed by atoms with Gasteiger partial charge in [0, 0.05) is 5.92 Å². The first-order valence-electron chi connectivity index (χ1n) is 10.6. The van der Waals surface area contributed by atoms with E-state index in [1.54, 1.807) is 0 Å². The average Bonchev–Trinajstić information content (AvgIpc) is 3.08. The van der Waals surface area contributed by atoms with Crippen LogP contribution < -0.4 is 10.6 Å². The average molecular weight is 478 g/mol. The van der Waals surface area contributed by atoms with E-state index in [0.717, 1.165) is 22.3 Å². The first-order valence-corrected chi connectivity index (χ1v) is 10.6. The van der Waals surface area contributed by atoms with Gasteiger partial charge in [0.25, 0.3) is 0 Å². The molecule has 182 valence electrons. The Morgan fingerprint density at radius 3 is 1.94 bits per heavy atom. The van der Waals surface area contributed by atoms with Crippen LogP contribution in [-0.4, -0.2) is 47.4 Å². The van der Waals surface area contributed by atoms with Crippen LogP contribution >= 0.6 is 0 Å². The predicted molar refractivity (Wildman–Crippen MR) is 117 cm³/mol. The van der Waals surface area contributed by atoms with Gasteiger partial charge in [0.15, 0.2) is 0 Å². The topological polar surface area (TPSA) is 105 Å². The van der Waals surface area contributed by atoms with Crippen molar-refractivity contribution in [2.45, 2.75) is 44.4 Å². The summed E-state index contributed by atoms with van der Waals surface area (Å²) >= 11 is 0. The summed E-state index contributed by atoms with van der Waals surface area (Å²) in [6.45, 7) is 3.29. The number of alkyl halides is 3. The minimum atomic E-state index is -5.25. The number of fused-ring (bicyclic) bond motifs is 3. The number of carboxylic acid groups (broad SMARTS) is 1. The van der Waals surface area contributed by atoms with Crippen molar-refractivity contribution in [1.82, 2.24) is 10.6 Å². The number of benzene rings is 2. The van der Waals surface area contributed by atoms with Crippen molar-refractivity contribution in [2.75, 3.05) is 6.61 Å². The van der Waals surface area contributed by atoms with E-state index in [1.807, 2.05) is 48.5 Å². The maximum absolute atomic E-state index is 13.3. The number of hydrogen-bond donors (Lipinski definition) is 3. The van der Waals surface area contributed by atoms with E-state index in [4.69, 9.17) is 9.84 Å². The molecule has 3 N–H and O–H groups in total. The third kappa shape index (κ3) is 4.71. The molecule has 34 heavy (non-hydrogen) atoms.